The first-order valence-electron chi connectivity index (χ1n) is 17.1. The van der Waals surface area contributed by atoms with Crippen LogP contribution in [0.25, 0.3) is 98.1 Å². The van der Waals surface area contributed by atoms with E-state index in [4.69, 9.17) is 15.0 Å². The van der Waals surface area contributed by atoms with Gasteiger partial charge in [-0.05, 0) is 68.1 Å². The molecule has 0 radical (unpaired) electrons. The van der Waals surface area contributed by atoms with Crippen LogP contribution in [0.2, 0.25) is 0 Å². The Labute approximate surface area is 299 Å². The summed E-state index contributed by atoms with van der Waals surface area (Å²) in [6.45, 7) is 0. The third-order valence-electron chi connectivity index (χ3n) is 9.73. The molecular formula is C47H29N3S. The van der Waals surface area contributed by atoms with E-state index in [9.17, 15) is 0 Å². The van der Waals surface area contributed by atoms with Gasteiger partial charge in [0.05, 0.1) is 0 Å². The number of thiophene rings is 1. The van der Waals surface area contributed by atoms with Gasteiger partial charge in [-0.15, -0.1) is 11.3 Å². The molecule has 0 fully saturated rings. The van der Waals surface area contributed by atoms with Crippen molar-refractivity contribution < 1.29 is 0 Å². The summed E-state index contributed by atoms with van der Waals surface area (Å²) in [5.41, 5.74) is 7.61. The predicted octanol–water partition coefficient (Wildman–Crippen LogP) is 12.9. The van der Waals surface area contributed by atoms with Gasteiger partial charge in [0.2, 0.25) is 0 Å². The zero-order valence-corrected chi connectivity index (χ0v) is 28.3. The minimum absolute atomic E-state index is 0.648. The number of hydrogen-bond acceptors (Lipinski definition) is 4. The second kappa shape index (κ2) is 12.1. The summed E-state index contributed by atoms with van der Waals surface area (Å²) in [6, 6.07) is 62.3. The van der Waals surface area contributed by atoms with E-state index in [1.807, 2.05) is 29.5 Å². The van der Waals surface area contributed by atoms with Crippen LogP contribution in [0.3, 0.4) is 0 Å². The molecule has 0 bridgehead atoms. The number of aromatic nitrogens is 3. The average Bonchev–Trinajstić information content (AvgIpc) is 3.58. The Morgan fingerprint density at radius 1 is 0.294 bits per heavy atom. The summed E-state index contributed by atoms with van der Waals surface area (Å²) in [7, 11) is 0. The molecule has 0 atom stereocenters. The predicted molar refractivity (Wildman–Crippen MR) is 215 cm³/mol. The molecule has 0 aliphatic carbocycles. The van der Waals surface area contributed by atoms with Crippen molar-refractivity contribution in [1.82, 2.24) is 15.0 Å². The molecule has 0 spiro atoms. The Morgan fingerprint density at radius 3 is 1.67 bits per heavy atom. The molecule has 2 aromatic heterocycles. The SMILES string of the molecule is c1ccc(-c2nc(-c3ccc(-c4ccc5c(c4)sc4ccccc45)cc3)nc(-c3cccc4cc(-c5ccc6ccccc6c5)ccc34)n2)cc1. The fourth-order valence-electron chi connectivity index (χ4n) is 7.09. The van der Waals surface area contributed by atoms with Crippen molar-refractivity contribution in [2.24, 2.45) is 0 Å². The van der Waals surface area contributed by atoms with E-state index in [0.29, 0.717) is 17.5 Å². The maximum atomic E-state index is 5.11. The van der Waals surface area contributed by atoms with Crippen molar-refractivity contribution in [2.45, 2.75) is 0 Å². The van der Waals surface area contributed by atoms with Gasteiger partial charge in [0, 0.05) is 36.9 Å². The first-order valence-corrected chi connectivity index (χ1v) is 17.9. The normalized spacial score (nSPS) is 11.5. The number of benzene rings is 8. The van der Waals surface area contributed by atoms with Crippen LogP contribution >= 0.6 is 11.3 Å². The summed E-state index contributed by atoms with van der Waals surface area (Å²) in [5, 5.41) is 7.34. The van der Waals surface area contributed by atoms with Crippen LogP contribution in [0.4, 0.5) is 0 Å². The zero-order chi connectivity index (χ0) is 33.7. The third-order valence-corrected chi connectivity index (χ3v) is 10.9. The number of fused-ring (bicyclic) bond motifs is 5. The van der Waals surface area contributed by atoms with Crippen molar-refractivity contribution >= 4 is 53.1 Å². The second-order valence-electron chi connectivity index (χ2n) is 12.9. The van der Waals surface area contributed by atoms with Crippen LogP contribution in [-0.2, 0) is 0 Å². The molecule has 0 aliphatic rings. The molecule has 10 rings (SSSR count). The molecule has 51 heavy (non-hydrogen) atoms. The van der Waals surface area contributed by atoms with Crippen LogP contribution in [0.5, 0.6) is 0 Å². The van der Waals surface area contributed by atoms with Gasteiger partial charge in [-0.3, -0.25) is 0 Å². The van der Waals surface area contributed by atoms with Gasteiger partial charge < -0.3 is 0 Å². The Balaban J connectivity index is 1.05. The Morgan fingerprint density at radius 2 is 0.843 bits per heavy atom. The summed E-state index contributed by atoms with van der Waals surface area (Å²) in [4.78, 5) is 15.2. The van der Waals surface area contributed by atoms with E-state index in [-0.39, 0.29) is 0 Å². The summed E-state index contributed by atoms with van der Waals surface area (Å²) in [6.07, 6.45) is 0. The average molecular weight is 668 g/mol. The fraction of sp³-hybridized carbons (Fsp3) is 0. The van der Waals surface area contributed by atoms with Crippen LogP contribution in [-0.4, -0.2) is 15.0 Å². The molecule has 0 amide bonds. The standard InChI is InChI=1S/C47H29N3S/c1-2-10-32(11-3-1)45-48-46(33-20-17-31(18-21-33)37-24-26-41-40-14-6-7-16-43(40)51-44(41)29-37)50-47(49-45)42-15-8-13-38-28-36(23-25-39(38)42)35-22-19-30-9-4-5-12-34(30)27-35/h1-29H. The third kappa shape index (κ3) is 5.34. The molecule has 8 aromatic carbocycles. The van der Waals surface area contributed by atoms with Crippen LogP contribution in [0.1, 0.15) is 0 Å². The Kier molecular flexibility index (Phi) is 7.00. The molecule has 0 aliphatic heterocycles. The lowest BCUT2D eigenvalue weighted by molar-refractivity contribution is 1.08. The highest BCUT2D eigenvalue weighted by Crippen LogP contribution is 2.37. The van der Waals surface area contributed by atoms with E-state index < -0.39 is 0 Å². The maximum Gasteiger partial charge on any atom is 0.164 e. The van der Waals surface area contributed by atoms with Gasteiger partial charge in [0.1, 0.15) is 0 Å². The fourth-order valence-corrected chi connectivity index (χ4v) is 8.23. The summed E-state index contributed by atoms with van der Waals surface area (Å²) in [5.74, 6) is 1.96. The van der Waals surface area contributed by atoms with Crippen molar-refractivity contribution in [3.8, 4) is 56.4 Å². The van der Waals surface area contributed by atoms with E-state index in [2.05, 4.69) is 158 Å². The van der Waals surface area contributed by atoms with Crippen molar-refractivity contribution in [2.75, 3.05) is 0 Å². The maximum absolute atomic E-state index is 5.11. The van der Waals surface area contributed by atoms with Crippen LogP contribution < -0.4 is 0 Å². The van der Waals surface area contributed by atoms with Gasteiger partial charge in [-0.2, -0.15) is 0 Å². The topological polar surface area (TPSA) is 38.7 Å². The molecule has 2 heterocycles. The zero-order valence-electron chi connectivity index (χ0n) is 27.5. The van der Waals surface area contributed by atoms with Gasteiger partial charge in [-0.1, -0.05) is 152 Å². The van der Waals surface area contributed by atoms with Crippen molar-refractivity contribution in [3.63, 3.8) is 0 Å². The highest BCUT2D eigenvalue weighted by atomic mass is 32.1. The van der Waals surface area contributed by atoms with Gasteiger partial charge >= 0.3 is 0 Å². The van der Waals surface area contributed by atoms with E-state index >= 15 is 0 Å². The lowest BCUT2D eigenvalue weighted by Crippen LogP contribution is -2.00. The molecule has 10 aromatic rings. The molecule has 0 saturated heterocycles. The van der Waals surface area contributed by atoms with Gasteiger partial charge in [0.15, 0.2) is 17.5 Å². The lowest BCUT2D eigenvalue weighted by Gasteiger charge is -2.12. The van der Waals surface area contributed by atoms with E-state index in [1.165, 1.54) is 47.6 Å². The Bertz CT molecular complexity index is 2910. The minimum Gasteiger partial charge on any atom is -0.208 e. The first-order chi connectivity index (χ1) is 25.2. The van der Waals surface area contributed by atoms with Crippen molar-refractivity contribution in [1.29, 1.82) is 0 Å². The van der Waals surface area contributed by atoms with E-state index in [1.54, 1.807) is 0 Å². The monoisotopic (exact) mass is 667 g/mol. The molecule has 238 valence electrons. The molecule has 0 unspecified atom stereocenters. The van der Waals surface area contributed by atoms with Gasteiger partial charge in [0.25, 0.3) is 0 Å². The molecule has 4 heteroatoms. The highest BCUT2D eigenvalue weighted by molar-refractivity contribution is 7.25. The van der Waals surface area contributed by atoms with E-state index in [0.717, 1.165) is 33.0 Å². The largest absolute Gasteiger partial charge is 0.208 e. The number of nitrogens with zero attached hydrogens (tertiary/aromatic N) is 3. The highest BCUT2D eigenvalue weighted by Gasteiger charge is 2.15. The minimum atomic E-state index is 0.648. The first kappa shape index (κ1) is 29.4. The second-order valence-corrected chi connectivity index (χ2v) is 13.9. The van der Waals surface area contributed by atoms with Crippen LogP contribution in [0.15, 0.2) is 176 Å². The molecule has 0 saturated carbocycles. The van der Waals surface area contributed by atoms with Crippen LogP contribution in [0, 0.1) is 0 Å². The lowest BCUT2D eigenvalue weighted by atomic mass is 9.96. The smallest absolute Gasteiger partial charge is 0.164 e. The van der Waals surface area contributed by atoms with Gasteiger partial charge in [-0.25, -0.2) is 15.0 Å². The molecule has 0 N–H and O–H groups in total. The van der Waals surface area contributed by atoms with Crippen molar-refractivity contribution in [3.05, 3.63) is 176 Å². The summed E-state index contributed by atoms with van der Waals surface area (Å²) < 4.78 is 2.61. The Hall–Kier alpha value is -6.49. The number of rotatable bonds is 5. The molecule has 3 nitrogen and oxygen atoms in total. The molecular weight excluding hydrogens is 639 g/mol. The number of hydrogen-bond donors (Lipinski definition) is 0. The quantitative estimate of drug-likeness (QED) is 0.183. The summed E-state index contributed by atoms with van der Waals surface area (Å²) >= 11 is 1.84.